The lowest BCUT2D eigenvalue weighted by Gasteiger charge is -2.12. The second kappa shape index (κ2) is 3.51. The molecule has 1 heterocycles. The largest absolute Gasteiger partial charge is 0.383 e. The van der Waals surface area contributed by atoms with E-state index in [1.807, 2.05) is 30.3 Å². The van der Waals surface area contributed by atoms with E-state index < -0.39 is 5.60 Å². The highest BCUT2D eigenvalue weighted by Crippen LogP contribution is 2.21. The molecular formula is C12H14N2O. The summed E-state index contributed by atoms with van der Waals surface area (Å²) in [7, 11) is 0. The average molecular weight is 202 g/mol. The van der Waals surface area contributed by atoms with E-state index in [4.69, 9.17) is 0 Å². The summed E-state index contributed by atoms with van der Waals surface area (Å²) < 4.78 is 0. The van der Waals surface area contributed by atoms with Gasteiger partial charge in [-0.2, -0.15) is 0 Å². The molecule has 0 atom stereocenters. The third-order valence-corrected chi connectivity index (χ3v) is 2.24. The van der Waals surface area contributed by atoms with E-state index in [0.29, 0.717) is 5.82 Å². The SMILES string of the molecule is CC(C)(O)c1ncc(-c2ccccc2)[nH]1. The fourth-order valence-electron chi connectivity index (χ4n) is 1.40. The van der Waals surface area contributed by atoms with Gasteiger partial charge in [-0.3, -0.25) is 0 Å². The first kappa shape index (κ1) is 9.93. The van der Waals surface area contributed by atoms with Crippen LogP contribution in [0, 0.1) is 0 Å². The molecule has 1 aromatic carbocycles. The Labute approximate surface area is 88.8 Å². The Kier molecular flexibility index (Phi) is 2.32. The quantitative estimate of drug-likeness (QED) is 0.785. The van der Waals surface area contributed by atoms with Gasteiger partial charge >= 0.3 is 0 Å². The number of benzene rings is 1. The molecule has 0 aliphatic carbocycles. The molecule has 78 valence electrons. The molecule has 0 unspecified atom stereocenters. The van der Waals surface area contributed by atoms with E-state index in [0.717, 1.165) is 11.3 Å². The lowest BCUT2D eigenvalue weighted by Crippen LogP contribution is -2.17. The summed E-state index contributed by atoms with van der Waals surface area (Å²) in [6, 6.07) is 9.92. The fraction of sp³-hybridized carbons (Fsp3) is 0.250. The topological polar surface area (TPSA) is 48.9 Å². The van der Waals surface area contributed by atoms with Crippen LogP contribution >= 0.6 is 0 Å². The van der Waals surface area contributed by atoms with Crippen molar-refractivity contribution in [3.63, 3.8) is 0 Å². The molecule has 0 bridgehead atoms. The van der Waals surface area contributed by atoms with E-state index >= 15 is 0 Å². The van der Waals surface area contributed by atoms with Crippen LogP contribution in [-0.4, -0.2) is 15.1 Å². The molecule has 15 heavy (non-hydrogen) atoms. The van der Waals surface area contributed by atoms with Crippen molar-refractivity contribution in [2.45, 2.75) is 19.4 Å². The molecule has 2 rings (SSSR count). The number of H-pyrrole nitrogens is 1. The Bertz CT molecular complexity index is 440. The number of rotatable bonds is 2. The van der Waals surface area contributed by atoms with Crippen molar-refractivity contribution in [1.82, 2.24) is 9.97 Å². The third kappa shape index (κ3) is 2.07. The third-order valence-electron chi connectivity index (χ3n) is 2.24. The zero-order chi connectivity index (χ0) is 10.9. The van der Waals surface area contributed by atoms with Crippen molar-refractivity contribution >= 4 is 0 Å². The van der Waals surface area contributed by atoms with Gasteiger partial charge < -0.3 is 10.1 Å². The van der Waals surface area contributed by atoms with E-state index in [2.05, 4.69) is 9.97 Å². The molecular weight excluding hydrogens is 188 g/mol. The highest BCUT2D eigenvalue weighted by molar-refractivity contribution is 5.58. The van der Waals surface area contributed by atoms with Crippen LogP contribution in [0.1, 0.15) is 19.7 Å². The van der Waals surface area contributed by atoms with Crippen molar-refractivity contribution in [2.24, 2.45) is 0 Å². The van der Waals surface area contributed by atoms with E-state index in [-0.39, 0.29) is 0 Å². The Hall–Kier alpha value is -1.61. The number of hydrogen-bond donors (Lipinski definition) is 2. The summed E-state index contributed by atoms with van der Waals surface area (Å²) in [5.41, 5.74) is 1.07. The smallest absolute Gasteiger partial charge is 0.138 e. The van der Waals surface area contributed by atoms with Gasteiger partial charge in [-0.1, -0.05) is 30.3 Å². The van der Waals surface area contributed by atoms with Crippen LogP contribution in [0.15, 0.2) is 36.5 Å². The zero-order valence-electron chi connectivity index (χ0n) is 8.86. The van der Waals surface area contributed by atoms with Gasteiger partial charge in [0.2, 0.25) is 0 Å². The first-order chi connectivity index (χ1) is 7.07. The molecule has 3 nitrogen and oxygen atoms in total. The normalized spacial score (nSPS) is 11.7. The first-order valence-electron chi connectivity index (χ1n) is 4.90. The van der Waals surface area contributed by atoms with Gasteiger partial charge in [0, 0.05) is 0 Å². The molecule has 2 aromatic rings. The molecule has 3 heteroatoms. The molecule has 0 aliphatic rings. The molecule has 0 amide bonds. The van der Waals surface area contributed by atoms with Gasteiger partial charge in [0.1, 0.15) is 11.4 Å². The van der Waals surface area contributed by atoms with E-state index in [1.165, 1.54) is 0 Å². The van der Waals surface area contributed by atoms with Gasteiger partial charge in [0.05, 0.1) is 11.9 Å². The number of aliphatic hydroxyl groups is 1. The minimum Gasteiger partial charge on any atom is -0.383 e. The summed E-state index contributed by atoms with van der Waals surface area (Å²) in [6.07, 6.45) is 1.74. The predicted molar refractivity (Wildman–Crippen MR) is 59.3 cm³/mol. The second-order valence-corrected chi connectivity index (χ2v) is 4.07. The van der Waals surface area contributed by atoms with Crippen LogP contribution in [0.5, 0.6) is 0 Å². The maximum atomic E-state index is 9.76. The van der Waals surface area contributed by atoms with Crippen LogP contribution in [0.2, 0.25) is 0 Å². The monoisotopic (exact) mass is 202 g/mol. The summed E-state index contributed by atoms with van der Waals surface area (Å²) in [6.45, 7) is 3.42. The van der Waals surface area contributed by atoms with Gasteiger partial charge in [0.15, 0.2) is 0 Å². The standard InChI is InChI=1S/C12H14N2O/c1-12(2,15)11-13-8-10(14-11)9-6-4-3-5-7-9/h3-8,15H,1-2H3,(H,13,14). The van der Waals surface area contributed by atoms with Gasteiger partial charge in [-0.05, 0) is 19.4 Å². The lowest BCUT2D eigenvalue weighted by molar-refractivity contribution is 0.0697. The zero-order valence-corrected chi connectivity index (χ0v) is 8.86. The van der Waals surface area contributed by atoms with E-state index in [9.17, 15) is 5.11 Å². The van der Waals surface area contributed by atoms with Gasteiger partial charge in [0.25, 0.3) is 0 Å². The van der Waals surface area contributed by atoms with Crippen molar-refractivity contribution in [1.29, 1.82) is 0 Å². The molecule has 0 saturated heterocycles. The Balaban J connectivity index is 2.37. The maximum absolute atomic E-state index is 9.76. The molecule has 2 N–H and O–H groups in total. The van der Waals surface area contributed by atoms with Crippen LogP contribution in [-0.2, 0) is 5.60 Å². The number of nitrogens with zero attached hydrogens (tertiary/aromatic N) is 1. The minimum absolute atomic E-state index is 0.585. The number of nitrogens with one attached hydrogen (secondary N) is 1. The molecule has 0 aliphatic heterocycles. The molecule has 0 spiro atoms. The van der Waals surface area contributed by atoms with Gasteiger partial charge in [-0.25, -0.2) is 4.98 Å². The number of aromatic nitrogens is 2. The van der Waals surface area contributed by atoms with Crippen LogP contribution < -0.4 is 0 Å². The Morgan fingerprint density at radius 2 is 1.87 bits per heavy atom. The number of imidazole rings is 1. The molecule has 0 saturated carbocycles. The fourth-order valence-corrected chi connectivity index (χ4v) is 1.40. The molecule has 0 radical (unpaired) electrons. The summed E-state index contributed by atoms with van der Waals surface area (Å²) in [5.74, 6) is 0.585. The second-order valence-electron chi connectivity index (χ2n) is 4.07. The summed E-state index contributed by atoms with van der Waals surface area (Å²) >= 11 is 0. The number of aromatic amines is 1. The first-order valence-corrected chi connectivity index (χ1v) is 4.90. The van der Waals surface area contributed by atoms with Crippen molar-refractivity contribution in [2.75, 3.05) is 0 Å². The minimum atomic E-state index is -0.924. The summed E-state index contributed by atoms with van der Waals surface area (Å²) in [5, 5.41) is 9.76. The summed E-state index contributed by atoms with van der Waals surface area (Å²) in [4.78, 5) is 7.27. The molecule has 1 aromatic heterocycles. The highest BCUT2D eigenvalue weighted by atomic mass is 16.3. The van der Waals surface area contributed by atoms with E-state index in [1.54, 1.807) is 20.0 Å². The Morgan fingerprint density at radius 3 is 2.40 bits per heavy atom. The van der Waals surface area contributed by atoms with Crippen molar-refractivity contribution < 1.29 is 5.11 Å². The Morgan fingerprint density at radius 1 is 1.20 bits per heavy atom. The van der Waals surface area contributed by atoms with Crippen LogP contribution in [0.4, 0.5) is 0 Å². The highest BCUT2D eigenvalue weighted by Gasteiger charge is 2.19. The van der Waals surface area contributed by atoms with Gasteiger partial charge in [-0.15, -0.1) is 0 Å². The van der Waals surface area contributed by atoms with Crippen molar-refractivity contribution in [3.8, 4) is 11.3 Å². The maximum Gasteiger partial charge on any atom is 0.138 e. The average Bonchev–Trinajstić information content (AvgIpc) is 2.67. The van der Waals surface area contributed by atoms with Crippen molar-refractivity contribution in [3.05, 3.63) is 42.4 Å². The van der Waals surface area contributed by atoms with Crippen LogP contribution in [0.3, 0.4) is 0 Å². The predicted octanol–water partition coefficient (Wildman–Crippen LogP) is 2.30. The van der Waals surface area contributed by atoms with Crippen LogP contribution in [0.25, 0.3) is 11.3 Å². The lowest BCUT2D eigenvalue weighted by atomic mass is 10.1. The molecule has 0 fully saturated rings. The number of hydrogen-bond acceptors (Lipinski definition) is 2.